The summed E-state index contributed by atoms with van der Waals surface area (Å²) in [5.41, 5.74) is 5.39. The Kier molecular flexibility index (Phi) is 6.13. The van der Waals surface area contributed by atoms with Crippen LogP contribution in [0.15, 0.2) is 0 Å². The Morgan fingerprint density at radius 2 is 1.76 bits per heavy atom. The summed E-state index contributed by atoms with van der Waals surface area (Å²) >= 11 is 0. The number of nitrogens with two attached hydrogens (primary N) is 1. The van der Waals surface area contributed by atoms with Gasteiger partial charge in [0.2, 0.25) is 5.91 Å². The van der Waals surface area contributed by atoms with E-state index in [-0.39, 0.29) is 24.0 Å². The van der Waals surface area contributed by atoms with Crippen molar-refractivity contribution < 1.29 is 9.90 Å². The van der Waals surface area contributed by atoms with Gasteiger partial charge in [-0.05, 0) is 18.3 Å². The van der Waals surface area contributed by atoms with Crippen LogP contribution in [0.4, 0.5) is 0 Å². The van der Waals surface area contributed by atoms with E-state index in [0.29, 0.717) is 6.42 Å². The highest BCUT2D eigenvalue weighted by molar-refractivity contribution is 5.77. The van der Waals surface area contributed by atoms with Gasteiger partial charge in [-0.1, -0.05) is 34.6 Å². The number of aliphatic hydroxyl groups excluding tert-OH is 1. The monoisotopic (exact) mass is 244 g/mol. The van der Waals surface area contributed by atoms with Gasteiger partial charge in [-0.3, -0.25) is 4.79 Å². The van der Waals surface area contributed by atoms with Crippen LogP contribution in [0.3, 0.4) is 0 Å². The molecule has 0 aromatic rings. The minimum Gasteiger partial charge on any atom is -0.394 e. The summed E-state index contributed by atoms with van der Waals surface area (Å²) < 4.78 is 0. The molecule has 1 unspecified atom stereocenters. The molecule has 1 amide bonds. The molecule has 0 aliphatic rings. The predicted molar refractivity (Wildman–Crippen MR) is 70.6 cm³/mol. The van der Waals surface area contributed by atoms with Crippen molar-refractivity contribution in [2.24, 2.45) is 11.1 Å². The second-order valence-electron chi connectivity index (χ2n) is 5.87. The van der Waals surface area contributed by atoms with Crippen LogP contribution in [0.2, 0.25) is 0 Å². The maximum Gasteiger partial charge on any atom is 0.222 e. The second-order valence-corrected chi connectivity index (χ2v) is 5.87. The van der Waals surface area contributed by atoms with Crippen molar-refractivity contribution in [1.29, 1.82) is 0 Å². The third kappa shape index (κ3) is 5.04. The average molecular weight is 244 g/mol. The molecular weight excluding hydrogens is 216 g/mol. The van der Waals surface area contributed by atoms with Gasteiger partial charge in [-0.2, -0.15) is 0 Å². The standard InChI is InChI=1S/C13H28N2O2/c1-6-13(7-2,9-16)15-11(17)8-10(14)12(3,4)5/h10,16H,6-9,14H2,1-5H3,(H,15,17). The molecule has 0 spiro atoms. The molecule has 0 saturated carbocycles. The number of hydrogen-bond acceptors (Lipinski definition) is 3. The molecule has 4 N–H and O–H groups in total. The summed E-state index contributed by atoms with van der Waals surface area (Å²) in [5, 5.41) is 12.3. The number of hydrogen-bond donors (Lipinski definition) is 3. The van der Waals surface area contributed by atoms with E-state index in [0.717, 1.165) is 12.8 Å². The number of rotatable bonds is 6. The van der Waals surface area contributed by atoms with Crippen LogP contribution >= 0.6 is 0 Å². The summed E-state index contributed by atoms with van der Waals surface area (Å²) in [6.45, 7) is 9.95. The van der Waals surface area contributed by atoms with Gasteiger partial charge in [-0.25, -0.2) is 0 Å². The van der Waals surface area contributed by atoms with Crippen molar-refractivity contribution in [3.05, 3.63) is 0 Å². The van der Waals surface area contributed by atoms with Gasteiger partial charge in [0.15, 0.2) is 0 Å². The quantitative estimate of drug-likeness (QED) is 0.661. The first-order chi connectivity index (χ1) is 7.70. The summed E-state index contributed by atoms with van der Waals surface area (Å²) in [7, 11) is 0. The SMILES string of the molecule is CCC(CC)(CO)NC(=O)CC(N)C(C)(C)C. The van der Waals surface area contributed by atoms with Crippen molar-refractivity contribution in [3.63, 3.8) is 0 Å². The number of carbonyl (C=O) groups excluding carboxylic acids is 1. The number of aliphatic hydroxyl groups is 1. The Morgan fingerprint density at radius 3 is 2.06 bits per heavy atom. The lowest BCUT2D eigenvalue weighted by molar-refractivity contribution is -0.124. The molecule has 1 atom stereocenters. The third-order valence-electron chi connectivity index (χ3n) is 3.58. The summed E-state index contributed by atoms with van der Waals surface area (Å²) in [6.07, 6.45) is 1.73. The van der Waals surface area contributed by atoms with Gasteiger partial charge >= 0.3 is 0 Å². The van der Waals surface area contributed by atoms with Crippen LogP contribution in [0.1, 0.15) is 53.9 Å². The van der Waals surface area contributed by atoms with Gasteiger partial charge in [0.1, 0.15) is 0 Å². The summed E-state index contributed by atoms with van der Waals surface area (Å²) in [6, 6.07) is -0.174. The Bertz CT molecular complexity index is 234. The number of carbonyl (C=O) groups is 1. The van der Waals surface area contributed by atoms with Crippen LogP contribution in [0, 0.1) is 5.41 Å². The van der Waals surface area contributed by atoms with E-state index in [1.54, 1.807) is 0 Å². The molecule has 0 heterocycles. The van der Waals surface area contributed by atoms with Crippen LogP contribution < -0.4 is 11.1 Å². The second kappa shape index (κ2) is 6.36. The Morgan fingerprint density at radius 1 is 1.29 bits per heavy atom. The average Bonchev–Trinajstić information content (AvgIpc) is 2.24. The molecule has 0 saturated heterocycles. The van der Waals surface area contributed by atoms with E-state index in [1.165, 1.54) is 0 Å². The van der Waals surface area contributed by atoms with E-state index < -0.39 is 5.54 Å². The molecular formula is C13H28N2O2. The molecule has 0 rings (SSSR count). The molecule has 4 nitrogen and oxygen atoms in total. The molecule has 0 aromatic heterocycles. The van der Waals surface area contributed by atoms with Crippen LogP contribution in [-0.2, 0) is 4.79 Å². The minimum absolute atomic E-state index is 0.0313. The third-order valence-corrected chi connectivity index (χ3v) is 3.58. The highest BCUT2D eigenvalue weighted by Gasteiger charge is 2.29. The van der Waals surface area contributed by atoms with Gasteiger partial charge in [-0.15, -0.1) is 0 Å². The molecule has 0 aliphatic carbocycles. The molecule has 4 heteroatoms. The summed E-state index contributed by atoms with van der Waals surface area (Å²) in [4.78, 5) is 11.9. The lowest BCUT2D eigenvalue weighted by atomic mass is 9.85. The van der Waals surface area contributed by atoms with Crippen LogP contribution in [0.5, 0.6) is 0 Å². The normalized spacial score (nSPS) is 14.5. The molecule has 0 aromatic carbocycles. The fourth-order valence-electron chi connectivity index (χ4n) is 1.54. The van der Waals surface area contributed by atoms with E-state index in [4.69, 9.17) is 5.73 Å². The first-order valence-corrected chi connectivity index (χ1v) is 6.38. The zero-order valence-electron chi connectivity index (χ0n) is 11.8. The van der Waals surface area contributed by atoms with E-state index in [2.05, 4.69) is 5.32 Å². The van der Waals surface area contributed by atoms with Crippen molar-refractivity contribution in [3.8, 4) is 0 Å². The van der Waals surface area contributed by atoms with Crippen molar-refractivity contribution in [2.45, 2.75) is 65.5 Å². The fraction of sp³-hybridized carbons (Fsp3) is 0.923. The molecule has 102 valence electrons. The first-order valence-electron chi connectivity index (χ1n) is 6.38. The number of nitrogens with one attached hydrogen (secondary N) is 1. The van der Waals surface area contributed by atoms with Crippen molar-refractivity contribution in [1.82, 2.24) is 5.32 Å². The van der Waals surface area contributed by atoms with E-state index in [9.17, 15) is 9.90 Å². The number of amides is 1. The van der Waals surface area contributed by atoms with Gasteiger partial charge in [0, 0.05) is 12.5 Å². The molecule has 0 radical (unpaired) electrons. The summed E-state index contributed by atoms with van der Waals surface area (Å²) in [5.74, 6) is -0.0785. The first kappa shape index (κ1) is 16.4. The topological polar surface area (TPSA) is 75.3 Å². The molecule has 0 fully saturated rings. The molecule has 17 heavy (non-hydrogen) atoms. The Labute approximate surface area is 105 Å². The zero-order chi connectivity index (χ0) is 13.7. The van der Waals surface area contributed by atoms with Crippen molar-refractivity contribution in [2.75, 3.05) is 6.61 Å². The maximum absolute atomic E-state index is 11.9. The van der Waals surface area contributed by atoms with E-state index >= 15 is 0 Å². The highest BCUT2D eigenvalue weighted by Crippen LogP contribution is 2.20. The fourth-order valence-corrected chi connectivity index (χ4v) is 1.54. The van der Waals surface area contributed by atoms with Gasteiger partial charge < -0.3 is 16.2 Å². The lowest BCUT2D eigenvalue weighted by Gasteiger charge is -2.33. The predicted octanol–water partition coefficient (Wildman–Crippen LogP) is 1.42. The smallest absolute Gasteiger partial charge is 0.222 e. The highest BCUT2D eigenvalue weighted by atomic mass is 16.3. The van der Waals surface area contributed by atoms with Gasteiger partial charge in [0.05, 0.1) is 12.1 Å². The maximum atomic E-state index is 11.9. The van der Waals surface area contributed by atoms with Crippen molar-refractivity contribution >= 4 is 5.91 Å². The Hall–Kier alpha value is -0.610. The zero-order valence-corrected chi connectivity index (χ0v) is 11.8. The van der Waals surface area contributed by atoms with Gasteiger partial charge in [0.25, 0.3) is 0 Å². The Balaban J connectivity index is 4.45. The van der Waals surface area contributed by atoms with Crippen LogP contribution in [-0.4, -0.2) is 29.2 Å². The molecule has 0 aliphatic heterocycles. The minimum atomic E-state index is -0.491. The van der Waals surface area contributed by atoms with Crippen LogP contribution in [0.25, 0.3) is 0 Å². The molecule has 0 bridgehead atoms. The van der Waals surface area contributed by atoms with E-state index in [1.807, 2.05) is 34.6 Å². The lowest BCUT2D eigenvalue weighted by Crippen LogP contribution is -2.52. The largest absolute Gasteiger partial charge is 0.394 e.